The fourth-order valence-corrected chi connectivity index (χ4v) is 5.42. The number of benzene rings is 2. The lowest BCUT2D eigenvalue weighted by molar-refractivity contribution is -0.132. The molecule has 0 spiro atoms. The van der Waals surface area contributed by atoms with Gasteiger partial charge in [0.15, 0.2) is 0 Å². The van der Waals surface area contributed by atoms with Crippen LogP contribution in [0.3, 0.4) is 0 Å². The summed E-state index contributed by atoms with van der Waals surface area (Å²) >= 11 is 4.44. The Balaban J connectivity index is 1.35. The third-order valence-corrected chi connectivity index (χ3v) is 7.85. The predicted molar refractivity (Wildman–Crippen MR) is 163 cm³/mol. The van der Waals surface area contributed by atoms with E-state index in [2.05, 4.69) is 33.6 Å². The summed E-state index contributed by atoms with van der Waals surface area (Å²) in [5.74, 6) is -1.85. The van der Waals surface area contributed by atoms with Gasteiger partial charge in [0.2, 0.25) is 17.7 Å². The highest BCUT2D eigenvalue weighted by molar-refractivity contribution is 7.81. The maximum absolute atomic E-state index is 13.4. The molecule has 3 atom stereocenters. The van der Waals surface area contributed by atoms with E-state index in [0.29, 0.717) is 30.4 Å². The SMILES string of the molecule is CNC(=O)C(Cc1c[nH]c2ccccc12)NC(=O)C(CC(C)C)NC(=O)C(S)CCCN1C(=O)c2ccccc2C1=O. The Morgan fingerprint density at radius 2 is 1.50 bits per heavy atom. The number of fused-ring (bicyclic) bond motifs is 2. The largest absolute Gasteiger partial charge is 0.361 e. The van der Waals surface area contributed by atoms with Gasteiger partial charge in [0.1, 0.15) is 12.1 Å². The first-order valence-electron chi connectivity index (χ1n) is 14.1. The number of imide groups is 1. The zero-order chi connectivity index (χ0) is 30.4. The second kappa shape index (κ2) is 13.7. The molecule has 2 heterocycles. The van der Waals surface area contributed by atoms with Crippen molar-refractivity contribution in [3.05, 3.63) is 71.4 Å². The Hall–Kier alpha value is -4.12. The summed E-state index contributed by atoms with van der Waals surface area (Å²) in [6.07, 6.45) is 3.12. The molecule has 4 N–H and O–H groups in total. The summed E-state index contributed by atoms with van der Waals surface area (Å²) in [4.78, 5) is 68.8. The Labute approximate surface area is 250 Å². The number of amides is 5. The predicted octanol–water partition coefficient (Wildman–Crippen LogP) is 2.85. The molecule has 0 radical (unpaired) electrons. The second-order valence-corrected chi connectivity index (χ2v) is 11.5. The summed E-state index contributed by atoms with van der Waals surface area (Å²) < 4.78 is 0. The van der Waals surface area contributed by atoms with E-state index in [9.17, 15) is 24.0 Å². The van der Waals surface area contributed by atoms with Crippen molar-refractivity contribution in [1.29, 1.82) is 0 Å². The zero-order valence-corrected chi connectivity index (χ0v) is 24.9. The highest BCUT2D eigenvalue weighted by Gasteiger charge is 2.35. The molecular weight excluding hydrogens is 554 g/mol. The van der Waals surface area contributed by atoms with Crippen LogP contribution in [0.2, 0.25) is 0 Å². The lowest BCUT2D eigenvalue weighted by Crippen LogP contribution is -2.55. The number of thiol groups is 1. The Morgan fingerprint density at radius 3 is 2.14 bits per heavy atom. The van der Waals surface area contributed by atoms with Crippen molar-refractivity contribution >= 4 is 53.1 Å². The van der Waals surface area contributed by atoms with E-state index in [-0.39, 0.29) is 36.6 Å². The number of carbonyl (C=O) groups excluding carboxylic acids is 5. The molecule has 222 valence electrons. The third-order valence-electron chi connectivity index (χ3n) is 7.36. The van der Waals surface area contributed by atoms with Gasteiger partial charge in [-0.3, -0.25) is 28.9 Å². The van der Waals surface area contributed by atoms with Crippen molar-refractivity contribution in [3.63, 3.8) is 0 Å². The molecule has 0 aliphatic carbocycles. The van der Waals surface area contributed by atoms with E-state index in [4.69, 9.17) is 0 Å². The van der Waals surface area contributed by atoms with Gasteiger partial charge < -0.3 is 20.9 Å². The standard InChI is InChI=1S/C31H37N5O5S/c1-18(2)15-24(28(38)34-25(27(37)32-3)16-19-17-33-23-12-7-6-9-20(19)23)35-29(39)26(42)13-8-14-36-30(40)21-10-4-5-11-22(21)31(36)41/h4-7,9-12,17-18,24-26,33,42H,8,13-16H2,1-3H3,(H,32,37)(H,34,38)(H,35,39). The Morgan fingerprint density at radius 1 is 0.881 bits per heavy atom. The van der Waals surface area contributed by atoms with Crippen LogP contribution in [0.1, 0.15) is 59.4 Å². The van der Waals surface area contributed by atoms with Gasteiger partial charge in [0.25, 0.3) is 11.8 Å². The van der Waals surface area contributed by atoms with Crippen LogP contribution in [0.25, 0.3) is 10.9 Å². The molecule has 0 fully saturated rings. The number of aromatic amines is 1. The smallest absolute Gasteiger partial charge is 0.261 e. The fraction of sp³-hybridized carbons (Fsp3) is 0.387. The van der Waals surface area contributed by atoms with Gasteiger partial charge in [-0.15, -0.1) is 0 Å². The molecule has 0 saturated carbocycles. The van der Waals surface area contributed by atoms with Gasteiger partial charge in [-0.05, 0) is 48.9 Å². The highest BCUT2D eigenvalue weighted by atomic mass is 32.1. The number of rotatable bonds is 13. The minimum atomic E-state index is -0.876. The van der Waals surface area contributed by atoms with Crippen molar-refractivity contribution in [1.82, 2.24) is 25.8 Å². The number of H-pyrrole nitrogens is 1. The molecule has 0 saturated heterocycles. The summed E-state index contributed by atoms with van der Waals surface area (Å²) in [7, 11) is 1.51. The van der Waals surface area contributed by atoms with Gasteiger partial charge in [-0.2, -0.15) is 12.6 Å². The molecule has 2 aromatic carbocycles. The number of para-hydroxylation sites is 1. The molecular formula is C31H37N5O5S. The van der Waals surface area contributed by atoms with Gasteiger partial charge in [0.05, 0.1) is 16.4 Å². The average molecular weight is 592 g/mol. The number of hydrogen-bond donors (Lipinski definition) is 5. The lowest BCUT2D eigenvalue weighted by atomic mass is 10.0. The molecule has 0 bridgehead atoms. The summed E-state index contributed by atoms with van der Waals surface area (Å²) in [5, 5.41) is 8.45. The number of hydrogen-bond acceptors (Lipinski definition) is 6. The quantitative estimate of drug-likeness (QED) is 0.154. The maximum Gasteiger partial charge on any atom is 0.261 e. The molecule has 42 heavy (non-hydrogen) atoms. The van der Waals surface area contributed by atoms with E-state index in [1.165, 1.54) is 11.9 Å². The topological polar surface area (TPSA) is 140 Å². The fourth-order valence-electron chi connectivity index (χ4n) is 5.16. The van der Waals surface area contributed by atoms with E-state index in [0.717, 1.165) is 16.5 Å². The minimum absolute atomic E-state index is 0.0836. The molecule has 10 nitrogen and oxygen atoms in total. The Kier molecular flexibility index (Phi) is 10.1. The van der Waals surface area contributed by atoms with Crippen LogP contribution in [0.15, 0.2) is 54.7 Å². The number of nitrogens with one attached hydrogen (secondary N) is 4. The van der Waals surface area contributed by atoms with Crippen molar-refractivity contribution in [2.24, 2.45) is 5.92 Å². The molecule has 11 heteroatoms. The van der Waals surface area contributed by atoms with Crippen LogP contribution in [-0.4, -0.2) is 70.3 Å². The minimum Gasteiger partial charge on any atom is -0.361 e. The van der Waals surface area contributed by atoms with E-state index in [1.807, 2.05) is 44.3 Å². The number of likely N-dealkylation sites (N-methyl/N-ethyl adjacent to an activating group) is 1. The van der Waals surface area contributed by atoms with Gasteiger partial charge in [-0.1, -0.05) is 44.2 Å². The van der Waals surface area contributed by atoms with Crippen molar-refractivity contribution in [2.75, 3.05) is 13.6 Å². The molecule has 5 amide bonds. The second-order valence-electron chi connectivity index (χ2n) is 10.9. The average Bonchev–Trinajstić information content (AvgIpc) is 3.49. The molecule has 4 rings (SSSR count). The first-order valence-corrected chi connectivity index (χ1v) is 14.6. The first-order chi connectivity index (χ1) is 20.1. The maximum atomic E-state index is 13.4. The zero-order valence-electron chi connectivity index (χ0n) is 24.0. The molecule has 1 aliphatic heterocycles. The van der Waals surface area contributed by atoms with E-state index < -0.39 is 29.1 Å². The highest BCUT2D eigenvalue weighted by Crippen LogP contribution is 2.23. The summed E-state index contributed by atoms with van der Waals surface area (Å²) in [6.45, 7) is 4.04. The number of carbonyl (C=O) groups is 5. The van der Waals surface area contributed by atoms with E-state index in [1.54, 1.807) is 24.3 Å². The normalized spacial score (nSPS) is 14.9. The van der Waals surface area contributed by atoms with Crippen LogP contribution in [-0.2, 0) is 20.8 Å². The summed E-state index contributed by atoms with van der Waals surface area (Å²) in [5.41, 5.74) is 2.58. The van der Waals surface area contributed by atoms with Crippen LogP contribution in [0.4, 0.5) is 0 Å². The van der Waals surface area contributed by atoms with Gasteiger partial charge in [-0.25, -0.2) is 0 Å². The molecule has 1 aliphatic rings. The van der Waals surface area contributed by atoms with Crippen LogP contribution >= 0.6 is 12.6 Å². The van der Waals surface area contributed by atoms with Gasteiger partial charge >= 0.3 is 0 Å². The summed E-state index contributed by atoms with van der Waals surface area (Å²) in [6, 6.07) is 12.7. The van der Waals surface area contributed by atoms with Crippen molar-refractivity contribution in [3.8, 4) is 0 Å². The number of nitrogens with zero attached hydrogens (tertiary/aromatic N) is 1. The van der Waals surface area contributed by atoms with Crippen LogP contribution in [0, 0.1) is 5.92 Å². The monoisotopic (exact) mass is 591 g/mol. The first kappa shape index (κ1) is 30.8. The number of aromatic nitrogens is 1. The Bertz CT molecular complexity index is 1450. The van der Waals surface area contributed by atoms with Crippen molar-refractivity contribution in [2.45, 2.75) is 56.9 Å². The van der Waals surface area contributed by atoms with Crippen LogP contribution in [0.5, 0.6) is 0 Å². The lowest BCUT2D eigenvalue weighted by Gasteiger charge is -2.25. The van der Waals surface area contributed by atoms with Crippen LogP contribution < -0.4 is 16.0 Å². The third kappa shape index (κ3) is 7.02. The van der Waals surface area contributed by atoms with E-state index >= 15 is 0 Å². The molecule has 3 aromatic rings. The van der Waals surface area contributed by atoms with Gasteiger partial charge in [0, 0.05) is 37.1 Å². The van der Waals surface area contributed by atoms with Crippen molar-refractivity contribution < 1.29 is 24.0 Å². The molecule has 3 unspecified atom stereocenters. The molecule has 1 aromatic heterocycles.